The molecule has 3 aromatic rings. The van der Waals surface area contributed by atoms with Gasteiger partial charge in [0.25, 0.3) is 5.69 Å². The monoisotopic (exact) mass is 419 g/mol. The third-order valence-electron chi connectivity index (χ3n) is 4.70. The minimum Gasteiger partial charge on any atom is -0.867 e. The highest BCUT2D eigenvalue weighted by Crippen LogP contribution is 2.23. The number of nitro benzene ring substituents is 1. The zero-order valence-electron chi connectivity index (χ0n) is 16.9. The van der Waals surface area contributed by atoms with Crippen molar-refractivity contribution >= 4 is 40.0 Å². The minimum atomic E-state index is -0.499. The Morgan fingerprint density at radius 2 is 1.63 bits per heavy atom. The van der Waals surface area contributed by atoms with Crippen LogP contribution in [0.15, 0.2) is 67.0 Å². The van der Waals surface area contributed by atoms with Gasteiger partial charge in [-0.15, -0.1) is 0 Å². The van der Waals surface area contributed by atoms with E-state index in [1.165, 1.54) is 24.3 Å². The van der Waals surface area contributed by atoms with Gasteiger partial charge in [0.05, 0.1) is 4.92 Å². The maximum Gasteiger partial charge on any atom is 0.269 e. The van der Waals surface area contributed by atoms with E-state index in [2.05, 4.69) is 5.32 Å². The average molecular weight is 420 g/mol. The Bertz CT molecular complexity index is 1130. The van der Waals surface area contributed by atoms with Crippen LogP contribution < -0.4 is 15.0 Å². The predicted molar refractivity (Wildman–Crippen MR) is 120 cm³/mol. The van der Waals surface area contributed by atoms with Crippen LogP contribution in [0.4, 0.5) is 11.4 Å². The molecule has 3 rings (SSSR count). The Labute approximate surface area is 180 Å². The van der Waals surface area contributed by atoms with Crippen molar-refractivity contribution in [1.82, 2.24) is 0 Å². The topological polar surface area (TPSA) is 82.1 Å². The van der Waals surface area contributed by atoms with Crippen molar-refractivity contribution in [2.45, 2.75) is 20.8 Å². The standard InChI is InChI=1S/C23H21N3O3S/c1-15-6-5-13-25(14-15)21(22(27)18-9-11-19(12-10-18)26(28)29)23(30)24-20-16(2)7-4-8-17(20)3/h4-14H,1-3H3,(H-,24,27,30). The van der Waals surface area contributed by atoms with Gasteiger partial charge >= 0.3 is 0 Å². The second-order valence-corrected chi connectivity index (χ2v) is 7.40. The lowest BCUT2D eigenvalue weighted by atomic mass is 10.1. The molecule has 0 unspecified atom stereocenters. The van der Waals surface area contributed by atoms with E-state index in [-0.39, 0.29) is 22.1 Å². The normalized spacial score (nSPS) is 11.6. The number of rotatable bonds is 5. The van der Waals surface area contributed by atoms with Crippen LogP contribution >= 0.6 is 12.2 Å². The number of para-hydroxylation sites is 1. The van der Waals surface area contributed by atoms with Crippen LogP contribution in [0, 0.1) is 30.9 Å². The summed E-state index contributed by atoms with van der Waals surface area (Å²) in [6, 6.07) is 15.2. The summed E-state index contributed by atoms with van der Waals surface area (Å²) in [4.78, 5) is 10.7. The van der Waals surface area contributed by atoms with E-state index in [4.69, 9.17) is 12.2 Å². The smallest absolute Gasteiger partial charge is 0.269 e. The summed E-state index contributed by atoms with van der Waals surface area (Å²) in [5.74, 6) is -0.329. The minimum absolute atomic E-state index is 0.0763. The number of thiocarbonyl (C=S) groups is 1. The molecule has 7 heteroatoms. The largest absolute Gasteiger partial charge is 0.867 e. The van der Waals surface area contributed by atoms with Crippen molar-refractivity contribution in [3.63, 3.8) is 0 Å². The van der Waals surface area contributed by atoms with Gasteiger partial charge in [-0.1, -0.05) is 30.4 Å². The van der Waals surface area contributed by atoms with Crippen LogP contribution in [0.1, 0.15) is 22.3 Å². The number of hydrogen-bond donors (Lipinski definition) is 1. The van der Waals surface area contributed by atoms with Gasteiger partial charge in [0, 0.05) is 29.4 Å². The van der Waals surface area contributed by atoms with Crippen LogP contribution in [0.25, 0.3) is 11.5 Å². The lowest BCUT2D eigenvalue weighted by Crippen LogP contribution is -2.40. The number of aromatic nitrogens is 1. The first-order chi connectivity index (χ1) is 14.3. The van der Waals surface area contributed by atoms with Crippen LogP contribution in [0.3, 0.4) is 0 Å². The summed E-state index contributed by atoms with van der Waals surface area (Å²) < 4.78 is 1.68. The van der Waals surface area contributed by atoms with Gasteiger partial charge in [-0.2, -0.15) is 4.57 Å². The summed E-state index contributed by atoms with van der Waals surface area (Å²) in [6.45, 7) is 5.86. The van der Waals surface area contributed by atoms with E-state index >= 15 is 0 Å². The molecule has 0 amide bonds. The SMILES string of the molecule is Cc1ccc[n+](C(C(=S)Nc2c(C)cccc2C)=C([O-])c2ccc([N+](=O)[O-])cc2)c1. The van der Waals surface area contributed by atoms with Gasteiger partial charge in [0.2, 0.25) is 5.70 Å². The molecule has 1 N–H and O–H groups in total. The van der Waals surface area contributed by atoms with E-state index < -0.39 is 4.92 Å². The first-order valence-corrected chi connectivity index (χ1v) is 9.70. The summed E-state index contributed by atoms with van der Waals surface area (Å²) in [7, 11) is 0. The fraction of sp³-hybridized carbons (Fsp3) is 0.130. The number of nitrogens with one attached hydrogen (secondary N) is 1. The highest BCUT2D eigenvalue weighted by Gasteiger charge is 2.20. The molecule has 1 aromatic heterocycles. The van der Waals surface area contributed by atoms with Crippen LogP contribution in [0.2, 0.25) is 0 Å². The Hall–Kier alpha value is -3.58. The van der Waals surface area contributed by atoms with Crippen LogP contribution in [-0.4, -0.2) is 9.91 Å². The number of nitrogens with zero attached hydrogens (tertiary/aromatic N) is 2. The zero-order chi connectivity index (χ0) is 21.8. The molecule has 0 atom stereocenters. The molecule has 2 aromatic carbocycles. The Morgan fingerprint density at radius 3 is 2.20 bits per heavy atom. The van der Waals surface area contributed by atoms with E-state index in [1.807, 2.05) is 57.3 Å². The molecule has 1 heterocycles. The van der Waals surface area contributed by atoms with E-state index in [0.717, 1.165) is 22.4 Å². The van der Waals surface area contributed by atoms with Crippen molar-refractivity contribution in [3.8, 4) is 0 Å². The third-order valence-corrected chi connectivity index (χ3v) is 4.99. The second kappa shape index (κ2) is 8.84. The molecule has 0 aliphatic heterocycles. The average Bonchev–Trinajstić information content (AvgIpc) is 2.71. The number of benzene rings is 2. The summed E-state index contributed by atoms with van der Waals surface area (Å²) >= 11 is 5.65. The number of aryl methyl sites for hydroxylation is 3. The number of hydrogen-bond acceptors (Lipinski definition) is 4. The number of anilines is 1. The van der Waals surface area contributed by atoms with Crippen molar-refractivity contribution in [3.05, 3.63) is 99.4 Å². The van der Waals surface area contributed by atoms with E-state index in [0.29, 0.717) is 5.56 Å². The predicted octanol–water partition coefficient (Wildman–Crippen LogP) is 3.93. The first-order valence-electron chi connectivity index (χ1n) is 9.30. The summed E-state index contributed by atoms with van der Waals surface area (Å²) in [6.07, 6.45) is 3.57. The van der Waals surface area contributed by atoms with Gasteiger partial charge in [0.15, 0.2) is 17.4 Å². The third kappa shape index (κ3) is 4.52. The molecule has 0 aliphatic carbocycles. The first kappa shape index (κ1) is 21.1. The highest BCUT2D eigenvalue weighted by atomic mass is 32.1. The molecule has 152 valence electrons. The van der Waals surface area contributed by atoms with Gasteiger partial charge in [-0.3, -0.25) is 10.1 Å². The van der Waals surface area contributed by atoms with E-state index in [9.17, 15) is 15.2 Å². The second-order valence-electron chi connectivity index (χ2n) is 6.99. The number of nitro groups is 1. The summed E-state index contributed by atoms with van der Waals surface area (Å²) in [5, 5.41) is 27.5. The fourth-order valence-electron chi connectivity index (χ4n) is 3.13. The Morgan fingerprint density at radius 1 is 1.00 bits per heavy atom. The lowest BCUT2D eigenvalue weighted by Gasteiger charge is -2.18. The molecular formula is C23H21N3O3S. The van der Waals surface area contributed by atoms with Gasteiger partial charge in [-0.05, 0) is 61.4 Å². The van der Waals surface area contributed by atoms with Crippen LogP contribution in [0.5, 0.6) is 0 Å². The maximum atomic E-state index is 13.4. The number of non-ortho nitro benzene ring substituents is 1. The molecule has 0 radical (unpaired) electrons. The number of pyridine rings is 1. The van der Waals surface area contributed by atoms with Crippen molar-refractivity contribution in [1.29, 1.82) is 0 Å². The molecule has 0 fully saturated rings. The maximum absolute atomic E-state index is 13.4. The van der Waals surface area contributed by atoms with Crippen molar-refractivity contribution in [2.24, 2.45) is 0 Å². The molecular weight excluding hydrogens is 398 g/mol. The zero-order valence-corrected chi connectivity index (χ0v) is 17.7. The van der Waals surface area contributed by atoms with Gasteiger partial charge in [-0.25, -0.2) is 0 Å². The summed E-state index contributed by atoms with van der Waals surface area (Å²) in [5.41, 5.74) is 4.33. The molecule has 0 saturated carbocycles. The van der Waals surface area contributed by atoms with Crippen molar-refractivity contribution < 1.29 is 14.6 Å². The van der Waals surface area contributed by atoms with Gasteiger partial charge in [0.1, 0.15) is 0 Å². The van der Waals surface area contributed by atoms with Crippen LogP contribution in [-0.2, 0) is 0 Å². The molecule has 30 heavy (non-hydrogen) atoms. The van der Waals surface area contributed by atoms with Gasteiger partial charge < -0.3 is 10.4 Å². The molecule has 0 saturated heterocycles. The Balaban J connectivity index is 2.11. The lowest BCUT2D eigenvalue weighted by molar-refractivity contribution is -0.578. The molecule has 6 nitrogen and oxygen atoms in total. The molecule has 0 bridgehead atoms. The molecule has 0 aliphatic rings. The fourth-order valence-corrected chi connectivity index (χ4v) is 3.43. The van der Waals surface area contributed by atoms with Crippen molar-refractivity contribution in [2.75, 3.05) is 5.32 Å². The molecule has 0 spiro atoms. The van der Waals surface area contributed by atoms with E-state index in [1.54, 1.807) is 10.8 Å². The highest BCUT2D eigenvalue weighted by molar-refractivity contribution is 7.81. The quantitative estimate of drug-likeness (QED) is 0.169. The Kier molecular flexibility index (Phi) is 6.23.